The Morgan fingerprint density at radius 1 is 1.18 bits per heavy atom. The maximum absolute atomic E-state index is 6.20. The molecule has 0 saturated carbocycles. The zero-order valence-electron chi connectivity index (χ0n) is 9.40. The van der Waals surface area contributed by atoms with Gasteiger partial charge in [0.2, 0.25) is 0 Å². The number of hydrogen-bond donors (Lipinski definition) is 0. The quantitative estimate of drug-likeness (QED) is 0.649. The Bertz CT molecular complexity index is 451. The molecule has 0 fully saturated rings. The molecule has 1 atom stereocenters. The molecule has 2 rings (SSSR count). The third-order valence-electron chi connectivity index (χ3n) is 2.89. The van der Waals surface area contributed by atoms with E-state index in [9.17, 15) is 0 Å². The van der Waals surface area contributed by atoms with Gasteiger partial charge in [0.15, 0.2) is 0 Å². The molecule has 1 heterocycles. The molecule has 2 aromatic rings. The van der Waals surface area contributed by atoms with E-state index in [4.69, 9.17) is 23.2 Å². The van der Waals surface area contributed by atoms with Crippen molar-refractivity contribution >= 4 is 34.5 Å². The first-order valence-electron chi connectivity index (χ1n) is 5.62. The van der Waals surface area contributed by atoms with E-state index >= 15 is 0 Å². The Labute approximate surface area is 116 Å². The molecule has 0 amide bonds. The van der Waals surface area contributed by atoms with Crippen LogP contribution in [0, 0.1) is 0 Å². The van der Waals surface area contributed by atoms with Gasteiger partial charge in [0, 0.05) is 10.9 Å². The summed E-state index contributed by atoms with van der Waals surface area (Å²) in [4.78, 5) is 0. The lowest BCUT2D eigenvalue weighted by atomic mass is 9.94. The third kappa shape index (κ3) is 3.48. The summed E-state index contributed by atoms with van der Waals surface area (Å²) in [6.07, 6.45) is 2.11. The Hall–Kier alpha value is -0.500. The summed E-state index contributed by atoms with van der Waals surface area (Å²) >= 11 is 14.0. The summed E-state index contributed by atoms with van der Waals surface area (Å²) in [7, 11) is 0. The van der Waals surface area contributed by atoms with Gasteiger partial charge in [0.05, 0.1) is 0 Å². The molecule has 0 spiro atoms. The lowest BCUT2D eigenvalue weighted by Crippen LogP contribution is -2.03. The minimum atomic E-state index is 0.338. The van der Waals surface area contributed by atoms with Crippen molar-refractivity contribution in [1.29, 1.82) is 0 Å². The van der Waals surface area contributed by atoms with Gasteiger partial charge in [-0.2, -0.15) is 11.3 Å². The molecule has 0 radical (unpaired) electrons. The Morgan fingerprint density at radius 2 is 2.00 bits per heavy atom. The number of thiophene rings is 1. The van der Waals surface area contributed by atoms with Crippen LogP contribution >= 0.6 is 34.5 Å². The molecule has 0 N–H and O–H groups in total. The number of rotatable bonds is 5. The number of halogens is 2. The number of alkyl halides is 1. The molecule has 0 aliphatic carbocycles. The molecular formula is C14H14Cl2S. The SMILES string of the molecule is ClCC(CCc1ccsc1)c1ccccc1Cl. The van der Waals surface area contributed by atoms with Crippen LogP contribution in [0.3, 0.4) is 0 Å². The summed E-state index contributed by atoms with van der Waals surface area (Å²) in [5, 5.41) is 5.13. The van der Waals surface area contributed by atoms with E-state index in [0.717, 1.165) is 17.9 Å². The molecule has 0 aliphatic heterocycles. The highest BCUT2D eigenvalue weighted by molar-refractivity contribution is 7.07. The van der Waals surface area contributed by atoms with Gasteiger partial charge in [0.1, 0.15) is 0 Å². The molecule has 1 unspecified atom stereocenters. The second kappa shape index (κ2) is 6.44. The fourth-order valence-corrected chi connectivity index (χ4v) is 3.21. The van der Waals surface area contributed by atoms with Crippen molar-refractivity contribution < 1.29 is 0 Å². The van der Waals surface area contributed by atoms with E-state index in [1.54, 1.807) is 11.3 Å². The Balaban J connectivity index is 2.04. The van der Waals surface area contributed by atoms with Crippen molar-refractivity contribution in [3.63, 3.8) is 0 Å². The molecule has 0 saturated heterocycles. The molecule has 3 heteroatoms. The van der Waals surface area contributed by atoms with Crippen LogP contribution in [0.15, 0.2) is 41.1 Å². The van der Waals surface area contributed by atoms with Crippen LogP contribution in [0.5, 0.6) is 0 Å². The number of hydrogen-bond acceptors (Lipinski definition) is 1. The predicted molar refractivity (Wildman–Crippen MR) is 77.6 cm³/mol. The minimum absolute atomic E-state index is 0.338. The monoisotopic (exact) mass is 284 g/mol. The highest BCUT2D eigenvalue weighted by atomic mass is 35.5. The van der Waals surface area contributed by atoms with E-state index in [2.05, 4.69) is 22.9 Å². The molecule has 0 bridgehead atoms. The molecule has 1 aromatic heterocycles. The van der Waals surface area contributed by atoms with Gasteiger partial charge in [-0.3, -0.25) is 0 Å². The van der Waals surface area contributed by atoms with E-state index in [0.29, 0.717) is 11.8 Å². The highest BCUT2D eigenvalue weighted by Gasteiger charge is 2.13. The molecule has 90 valence electrons. The summed E-state index contributed by atoms with van der Waals surface area (Å²) in [5.74, 6) is 0.957. The second-order valence-corrected chi connectivity index (χ2v) is 5.54. The van der Waals surface area contributed by atoms with E-state index < -0.39 is 0 Å². The average molecular weight is 285 g/mol. The third-order valence-corrected chi connectivity index (χ3v) is 4.34. The van der Waals surface area contributed by atoms with Gasteiger partial charge in [0.25, 0.3) is 0 Å². The van der Waals surface area contributed by atoms with Crippen LogP contribution < -0.4 is 0 Å². The Morgan fingerprint density at radius 3 is 2.65 bits per heavy atom. The minimum Gasteiger partial charge on any atom is -0.152 e. The van der Waals surface area contributed by atoms with E-state index in [1.165, 1.54) is 11.1 Å². The van der Waals surface area contributed by atoms with Crippen molar-refractivity contribution in [2.75, 3.05) is 5.88 Å². The smallest absolute Gasteiger partial charge is 0.0441 e. The standard InChI is InChI=1S/C14H14Cl2S/c15-9-12(6-5-11-7-8-17-10-11)13-3-1-2-4-14(13)16/h1-4,7-8,10,12H,5-6,9H2. The zero-order valence-corrected chi connectivity index (χ0v) is 11.7. The predicted octanol–water partition coefficient (Wildman–Crippen LogP) is 5.36. The molecule has 1 aromatic carbocycles. The first-order chi connectivity index (χ1) is 8.31. The van der Waals surface area contributed by atoms with Gasteiger partial charge in [-0.1, -0.05) is 29.8 Å². The van der Waals surface area contributed by atoms with Gasteiger partial charge in [-0.25, -0.2) is 0 Å². The van der Waals surface area contributed by atoms with Crippen LogP contribution in [-0.4, -0.2) is 5.88 Å². The molecule has 17 heavy (non-hydrogen) atoms. The highest BCUT2D eigenvalue weighted by Crippen LogP contribution is 2.29. The van der Waals surface area contributed by atoms with Crippen molar-refractivity contribution in [1.82, 2.24) is 0 Å². The molecule has 0 aliphatic rings. The lowest BCUT2D eigenvalue weighted by Gasteiger charge is -2.15. The van der Waals surface area contributed by atoms with Gasteiger partial charge in [-0.15, -0.1) is 11.6 Å². The molecular weight excluding hydrogens is 271 g/mol. The van der Waals surface area contributed by atoms with E-state index in [-0.39, 0.29) is 0 Å². The summed E-state index contributed by atoms with van der Waals surface area (Å²) < 4.78 is 0. The fourth-order valence-electron chi connectivity index (χ4n) is 1.90. The fraction of sp³-hybridized carbons (Fsp3) is 0.286. The first kappa shape index (κ1) is 12.9. The molecule has 0 nitrogen and oxygen atoms in total. The number of aryl methyl sites for hydroxylation is 1. The largest absolute Gasteiger partial charge is 0.152 e. The maximum atomic E-state index is 6.20. The normalized spacial score (nSPS) is 12.6. The Kier molecular flexibility index (Phi) is 4.90. The van der Waals surface area contributed by atoms with Gasteiger partial charge in [-0.05, 0) is 52.8 Å². The maximum Gasteiger partial charge on any atom is 0.0441 e. The van der Waals surface area contributed by atoms with Crippen LogP contribution in [0.25, 0.3) is 0 Å². The topological polar surface area (TPSA) is 0 Å². The second-order valence-electron chi connectivity index (χ2n) is 4.04. The van der Waals surface area contributed by atoms with E-state index in [1.807, 2.05) is 18.2 Å². The van der Waals surface area contributed by atoms with Crippen molar-refractivity contribution in [2.24, 2.45) is 0 Å². The number of benzene rings is 1. The first-order valence-corrected chi connectivity index (χ1v) is 7.48. The van der Waals surface area contributed by atoms with Crippen molar-refractivity contribution in [2.45, 2.75) is 18.8 Å². The van der Waals surface area contributed by atoms with Crippen molar-refractivity contribution in [3.05, 3.63) is 57.2 Å². The van der Waals surface area contributed by atoms with Crippen molar-refractivity contribution in [3.8, 4) is 0 Å². The van der Waals surface area contributed by atoms with Gasteiger partial charge < -0.3 is 0 Å². The average Bonchev–Trinajstić information content (AvgIpc) is 2.85. The lowest BCUT2D eigenvalue weighted by molar-refractivity contribution is 0.686. The summed E-state index contributed by atoms with van der Waals surface area (Å²) in [5.41, 5.74) is 2.55. The zero-order chi connectivity index (χ0) is 12.1. The van der Waals surface area contributed by atoms with Crippen LogP contribution in [0.1, 0.15) is 23.5 Å². The van der Waals surface area contributed by atoms with Crippen LogP contribution in [0.4, 0.5) is 0 Å². The summed E-state index contributed by atoms with van der Waals surface area (Å²) in [6, 6.07) is 10.1. The van der Waals surface area contributed by atoms with Gasteiger partial charge >= 0.3 is 0 Å². The van der Waals surface area contributed by atoms with Crippen LogP contribution in [-0.2, 0) is 6.42 Å². The summed E-state index contributed by atoms with van der Waals surface area (Å²) in [6.45, 7) is 0. The van der Waals surface area contributed by atoms with Crippen LogP contribution in [0.2, 0.25) is 5.02 Å².